The van der Waals surface area contributed by atoms with Crippen molar-refractivity contribution in [2.75, 3.05) is 22.9 Å². The summed E-state index contributed by atoms with van der Waals surface area (Å²) >= 11 is 0. The van der Waals surface area contributed by atoms with Gasteiger partial charge in [0.2, 0.25) is 0 Å². The number of anilines is 4. The molecule has 18 heavy (non-hydrogen) atoms. The van der Waals surface area contributed by atoms with Gasteiger partial charge in [0.15, 0.2) is 0 Å². The SMILES string of the molecule is Cl.Nc1ccc(Oc2ccc(N)c(N)c2)cc1N. The average molecular weight is 267 g/mol. The normalized spacial score (nSPS) is 9.56. The van der Waals surface area contributed by atoms with Crippen LogP contribution in [-0.4, -0.2) is 0 Å². The van der Waals surface area contributed by atoms with Crippen LogP contribution in [0.1, 0.15) is 0 Å². The van der Waals surface area contributed by atoms with E-state index in [1.165, 1.54) is 0 Å². The molecule has 0 aliphatic rings. The Balaban J connectivity index is 0.00000162. The molecule has 0 fully saturated rings. The van der Waals surface area contributed by atoms with E-state index in [1.807, 2.05) is 0 Å². The Kier molecular flexibility index (Phi) is 4.12. The van der Waals surface area contributed by atoms with Crippen molar-refractivity contribution in [3.8, 4) is 11.5 Å². The van der Waals surface area contributed by atoms with Crippen LogP contribution >= 0.6 is 12.4 Å². The third-order valence-electron chi connectivity index (χ3n) is 2.35. The molecule has 0 bridgehead atoms. The molecule has 2 aromatic rings. The first-order chi connectivity index (χ1) is 8.06. The Morgan fingerprint density at radius 2 is 1.00 bits per heavy atom. The summed E-state index contributed by atoms with van der Waals surface area (Å²) in [7, 11) is 0. The van der Waals surface area contributed by atoms with Gasteiger partial charge in [-0.15, -0.1) is 12.4 Å². The van der Waals surface area contributed by atoms with E-state index in [0.29, 0.717) is 34.2 Å². The van der Waals surface area contributed by atoms with Gasteiger partial charge in [-0.3, -0.25) is 0 Å². The molecule has 0 amide bonds. The Hall–Kier alpha value is -2.27. The molecule has 2 aromatic carbocycles. The molecular formula is C12H15ClN4O. The summed E-state index contributed by atoms with van der Waals surface area (Å²) in [4.78, 5) is 0. The first kappa shape index (κ1) is 13.8. The van der Waals surface area contributed by atoms with Gasteiger partial charge in [-0.2, -0.15) is 0 Å². The standard InChI is InChI=1S/C12H14N4O.ClH/c13-9-3-1-7(5-11(9)15)17-8-2-4-10(14)12(16)6-8;/h1-6H,13-16H2;1H. The smallest absolute Gasteiger partial charge is 0.129 e. The van der Waals surface area contributed by atoms with E-state index in [-0.39, 0.29) is 12.4 Å². The number of rotatable bonds is 2. The zero-order chi connectivity index (χ0) is 12.4. The molecule has 0 radical (unpaired) electrons. The lowest BCUT2D eigenvalue weighted by Crippen LogP contribution is -1.96. The van der Waals surface area contributed by atoms with Crippen LogP contribution in [0.15, 0.2) is 36.4 Å². The molecule has 0 aliphatic carbocycles. The molecule has 0 unspecified atom stereocenters. The third-order valence-corrected chi connectivity index (χ3v) is 2.35. The van der Waals surface area contributed by atoms with E-state index in [0.717, 1.165) is 0 Å². The van der Waals surface area contributed by atoms with Gasteiger partial charge in [0.1, 0.15) is 11.5 Å². The van der Waals surface area contributed by atoms with Crippen molar-refractivity contribution in [2.45, 2.75) is 0 Å². The molecule has 96 valence electrons. The fourth-order valence-corrected chi connectivity index (χ4v) is 1.37. The summed E-state index contributed by atoms with van der Waals surface area (Å²) in [5, 5.41) is 0. The van der Waals surface area contributed by atoms with Crippen molar-refractivity contribution in [3.05, 3.63) is 36.4 Å². The summed E-state index contributed by atoms with van der Waals surface area (Å²) in [6.07, 6.45) is 0. The van der Waals surface area contributed by atoms with Crippen molar-refractivity contribution in [2.24, 2.45) is 0 Å². The summed E-state index contributed by atoms with van der Waals surface area (Å²) in [5.41, 5.74) is 24.6. The maximum Gasteiger partial charge on any atom is 0.129 e. The zero-order valence-corrected chi connectivity index (χ0v) is 10.4. The molecule has 6 heteroatoms. The Bertz CT molecular complexity index is 510. The van der Waals surface area contributed by atoms with Gasteiger partial charge in [-0.05, 0) is 24.3 Å². The zero-order valence-electron chi connectivity index (χ0n) is 9.59. The van der Waals surface area contributed by atoms with E-state index in [1.54, 1.807) is 36.4 Å². The molecule has 0 aromatic heterocycles. The number of nitrogens with two attached hydrogens (primary N) is 4. The van der Waals surface area contributed by atoms with E-state index in [4.69, 9.17) is 27.7 Å². The van der Waals surface area contributed by atoms with Crippen LogP contribution in [0.5, 0.6) is 11.5 Å². The first-order valence-corrected chi connectivity index (χ1v) is 5.04. The van der Waals surface area contributed by atoms with Gasteiger partial charge in [0, 0.05) is 12.1 Å². The predicted octanol–water partition coefficient (Wildman–Crippen LogP) is 2.23. The highest BCUT2D eigenvalue weighted by atomic mass is 35.5. The van der Waals surface area contributed by atoms with Crippen LogP contribution < -0.4 is 27.7 Å². The lowest BCUT2D eigenvalue weighted by Gasteiger charge is -2.09. The molecule has 0 heterocycles. The lowest BCUT2D eigenvalue weighted by atomic mass is 10.2. The van der Waals surface area contributed by atoms with Gasteiger partial charge < -0.3 is 27.7 Å². The van der Waals surface area contributed by atoms with Gasteiger partial charge >= 0.3 is 0 Å². The van der Waals surface area contributed by atoms with Gasteiger partial charge in [-0.25, -0.2) is 0 Å². The van der Waals surface area contributed by atoms with E-state index in [9.17, 15) is 0 Å². The highest BCUT2D eigenvalue weighted by Crippen LogP contribution is 2.29. The minimum absolute atomic E-state index is 0. The summed E-state index contributed by atoms with van der Waals surface area (Å²) < 4.78 is 5.58. The van der Waals surface area contributed by atoms with Crippen molar-refractivity contribution in [1.82, 2.24) is 0 Å². The van der Waals surface area contributed by atoms with Crippen molar-refractivity contribution < 1.29 is 4.74 Å². The van der Waals surface area contributed by atoms with Crippen LogP contribution in [0.25, 0.3) is 0 Å². The van der Waals surface area contributed by atoms with E-state index < -0.39 is 0 Å². The molecule has 0 saturated carbocycles. The molecule has 0 saturated heterocycles. The number of nitrogen functional groups attached to an aromatic ring is 4. The van der Waals surface area contributed by atoms with Crippen LogP contribution in [-0.2, 0) is 0 Å². The number of hydrogen-bond acceptors (Lipinski definition) is 5. The Morgan fingerprint density at radius 3 is 1.33 bits per heavy atom. The molecule has 0 aliphatic heterocycles. The first-order valence-electron chi connectivity index (χ1n) is 5.04. The number of benzene rings is 2. The molecule has 8 N–H and O–H groups in total. The third kappa shape index (κ3) is 2.89. The Morgan fingerprint density at radius 1 is 0.611 bits per heavy atom. The maximum absolute atomic E-state index is 5.68. The molecule has 2 rings (SSSR count). The van der Waals surface area contributed by atoms with Gasteiger partial charge in [0.25, 0.3) is 0 Å². The molecule has 5 nitrogen and oxygen atoms in total. The second-order valence-electron chi connectivity index (χ2n) is 3.68. The van der Waals surface area contributed by atoms with Crippen molar-refractivity contribution in [3.63, 3.8) is 0 Å². The fourth-order valence-electron chi connectivity index (χ4n) is 1.37. The van der Waals surface area contributed by atoms with Crippen LogP contribution in [0.3, 0.4) is 0 Å². The summed E-state index contributed by atoms with van der Waals surface area (Å²) in [6.45, 7) is 0. The summed E-state index contributed by atoms with van der Waals surface area (Å²) in [5.74, 6) is 1.20. The lowest BCUT2D eigenvalue weighted by molar-refractivity contribution is 0.483. The second-order valence-corrected chi connectivity index (χ2v) is 3.68. The van der Waals surface area contributed by atoms with Crippen molar-refractivity contribution >= 4 is 35.2 Å². The summed E-state index contributed by atoms with van der Waals surface area (Å²) in [6, 6.07) is 10.1. The van der Waals surface area contributed by atoms with E-state index >= 15 is 0 Å². The number of hydrogen-bond donors (Lipinski definition) is 4. The second kappa shape index (κ2) is 5.37. The monoisotopic (exact) mass is 266 g/mol. The highest BCUT2D eigenvalue weighted by molar-refractivity contribution is 5.85. The Labute approximate surface area is 111 Å². The van der Waals surface area contributed by atoms with Gasteiger partial charge in [-0.1, -0.05) is 0 Å². The largest absolute Gasteiger partial charge is 0.457 e. The maximum atomic E-state index is 5.68. The highest BCUT2D eigenvalue weighted by Gasteiger charge is 2.02. The minimum atomic E-state index is 0. The van der Waals surface area contributed by atoms with Gasteiger partial charge in [0.05, 0.1) is 22.7 Å². The number of ether oxygens (including phenoxy) is 1. The van der Waals surface area contributed by atoms with E-state index in [2.05, 4.69) is 0 Å². The fraction of sp³-hybridized carbons (Fsp3) is 0. The molecule has 0 atom stereocenters. The number of halogens is 1. The quantitative estimate of drug-likeness (QED) is 0.623. The van der Waals surface area contributed by atoms with Crippen LogP contribution in [0.2, 0.25) is 0 Å². The molecular weight excluding hydrogens is 252 g/mol. The average Bonchev–Trinajstić information content (AvgIpc) is 2.29. The topological polar surface area (TPSA) is 113 Å². The molecule has 0 spiro atoms. The minimum Gasteiger partial charge on any atom is -0.457 e. The van der Waals surface area contributed by atoms with Crippen LogP contribution in [0.4, 0.5) is 22.7 Å². The predicted molar refractivity (Wildman–Crippen MR) is 77.9 cm³/mol. The van der Waals surface area contributed by atoms with Crippen molar-refractivity contribution in [1.29, 1.82) is 0 Å². The van der Waals surface area contributed by atoms with Crippen LogP contribution in [0, 0.1) is 0 Å².